The molecule has 0 fully saturated rings. The second-order valence-corrected chi connectivity index (χ2v) is 6.72. The molecule has 2 aromatic carbocycles. The lowest BCUT2D eigenvalue weighted by molar-refractivity contribution is -0.120. The van der Waals surface area contributed by atoms with Gasteiger partial charge in [-0.05, 0) is 49.4 Å². The van der Waals surface area contributed by atoms with Crippen LogP contribution in [-0.2, 0) is 11.3 Å². The minimum atomic E-state index is -0.391. The topological polar surface area (TPSA) is 62.1 Å². The van der Waals surface area contributed by atoms with Gasteiger partial charge in [-0.25, -0.2) is 0 Å². The highest BCUT2D eigenvalue weighted by Crippen LogP contribution is 2.23. The van der Waals surface area contributed by atoms with Gasteiger partial charge >= 0.3 is 0 Å². The van der Waals surface area contributed by atoms with Crippen LogP contribution in [0.15, 0.2) is 47.5 Å². The van der Waals surface area contributed by atoms with Gasteiger partial charge in [-0.2, -0.15) is 4.99 Å². The molecule has 28 heavy (non-hydrogen) atoms. The summed E-state index contributed by atoms with van der Waals surface area (Å²) in [6, 6.07) is 12.7. The van der Waals surface area contributed by atoms with E-state index in [1.54, 1.807) is 31.4 Å². The van der Waals surface area contributed by atoms with Crippen LogP contribution in [0.5, 0.6) is 17.2 Å². The van der Waals surface area contributed by atoms with Gasteiger partial charge in [0.2, 0.25) is 0 Å². The summed E-state index contributed by atoms with van der Waals surface area (Å²) >= 11 is 1.39. The van der Waals surface area contributed by atoms with E-state index in [9.17, 15) is 4.79 Å². The van der Waals surface area contributed by atoms with Crippen LogP contribution >= 0.6 is 11.3 Å². The molecule has 3 aromatic rings. The Bertz CT molecular complexity index is 1070. The molecule has 0 bridgehead atoms. The molecule has 7 heteroatoms. The smallest absolute Gasteiger partial charge is 0.286 e. The Labute approximate surface area is 167 Å². The molecule has 3 rings (SSSR count). The van der Waals surface area contributed by atoms with E-state index in [4.69, 9.17) is 20.6 Å². The SMILES string of the molecule is C#CCn1c(=NC(=O)COc2ccc(OC)cc2)sc2cc(OCC)ccc21. The molecule has 0 unspecified atom stereocenters. The number of carbonyl (C=O) groups excluding carboxylic acids is 1. The van der Waals surface area contributed by atoms with Crippen molar-refractivity contribution in [2.75, 3.05) is 20.3 Å². The predicted octanol–water partition coefficient (Wildman–Crippen LogP) is 3.25. The van der Waals surface area contributed by atoms with Crippen LogP contribution in [0.3, 0.4) is 0 Å². The van der Waals surface area contributed by atoms with Gasteiger partial charge < -0.3 is 18.8 Å². The van der Waals surface area contributed by atoms with Gasteiger partial charge in [0.15, 0.2) is 11.4 Å². The first-order valence-electron chi connectivity index (χ1n) is 8.68. The van der Waals surface area contributed by atoms with Crippen LogP contribution < -0.4 is 19.0 Å². The lowest BCUT2D eigenvalue weighted by atomic mass is 10.3. The second-order valence-electron chi connectivity index (χ2n) is 5.71. The van der Waals surface area contributed by atoms with Crippen molar-refractivity contribution in [3.05, 3.63) is 47.3 Å². The maximum absolute atomic E-state index is 12.3. The monoisotopic (exact) mass is 396 g/mol. The minimum Gasteiger partial charge on any atom is -0.497 e. The Morgan fingerprint density at radius 3 is 2.54 bits per heavy atom. The number of hydrogen-bond acceptors (Lipinski definition) is 5. The van der Waals surface area contributed by atoms with Crippen molar-refractivity contribution in [2.24, 2.45) is 4.99 Å². The third kappa shape index (κ3) is 4.53. The van der Waals surface area contributed by atoms with Gasteiger partial charge in [0, 0.05) is 0 Å². The Morgan fingerprint density at radius 1 is 1.14 bits per heavy atom. The third-order valence-corrected chi connectivity index (χ3v) is 4.90. The van der Waals surface area contributed by atoms with Crippen LogP contribution in [0, 0.1) is 12.3 Å². The number of carbonyl (C=O) groups is 1. The molecular weight excluding hydrogens is 376 g/mol. The molecule has 144 valence electrons. The number of terminal acetylenes is 1. The summed E-state index contributed by atoms with van der Waals surface area (Å²) < 4.78 is 18.9. The van der Waals surface area contributed by atoms with E-state index in [0.29, 0.717) is 23.7 Å². The van der Waals surface area contributed by atoms with Crippen molar-refractivity contribution < 1.29 is 19.0 Å². The van der Waals surface area contributed by atoms with E-state index >= 15 is 0 Å². The number of thiazole rings is 1. The molecule has 0 atom stereocenters. The lowest BCUT2D eigenvalue weighted by Crippen LogP contribution is -2.19. The zero-order valence-corrected chi connectivity index (χ0v) is 16.5. The zero-order valence-electron chi connectivity index (χ0n) is 15.7. The highest BCUT2D eigenvalue weighted by molar-refractivity contribution is 7.16. The van der Waals surface area contributed by atoms with E-state index in [2.05, 4.69) is 10.9 Å². The summed E-state index contributed by atoms with van der Waals surface area (Å²) in [7, 11) is 1.59. The van der Waals surface area contributed by atoms with Crippen molar-refractivity contribution in [3.8, 4) is 29.6 Å². The summed E-state index contributed by atoms with van der Waals surface area (Å²) in [6.07, 6.45) is 5.49. The Morgan fingerprint density at radius 2 is 1.86 bits per heavy atom. The molecule has 6 nitrogen and oxygen atoms in total. The number of aromatic nitrogens is 1. The number of hydrogen-bond donors (Lipinski definition) is 0. The van der Waals surface area contributed by atoms with Crippen LogP contribution in [0.25, 0.3) is 10.2 Å². The highest BCUT2D eigenvalue weighted by Gasteiger charge is 2.09. The largest absolute Gasteiger partial charge is 0.497 e. The summed E-state index contributed by atoms with van der Waals surface area (Å²) in [5.74, 6) is 4.27. The minimum absolute atomic E-state index is 0.166. The molecule has 1 aromatic heterocycles. The molecule has 0 aliphatic rings. The maximum Gasteiger partial charge on any atom is 0.286 e. The first-order chi connectivity index (χ1) is 13.6. The average molecular weight is 396 g/mol. The zero-order chi connectivity index (χ0) is 19.9. The molecule has 0 saturated carbocycles. The van der Waals surface area contributed by atoms with Crippen molar-refractivity contribution in [2.45, 2.75) is 13.5 Å². The number of methoxy groups -OCH3 is 1. The van der Waals surface area contributed by atoms with Crippen molar-refractivity contribution in [3.63, 3.8) is 0 Å². The van der Waals surface area contributed by atoms with Crippen LogP contribution in [0.4, 0.5) is 0 Å². The van der Waals surface area contributed by atoms with Gasteiger partial charge in [-0.3, -0.25) is 4.79 Å². The van der Waals surface area contributed by atoms with Crippen molar-refractivity contribution >= 4 is 27.5 Å². The number of rotatable bonds is 7. The quantitative estimate of drug-likeness (QED) is 0.575. The van der Waals surface area contributed by atoms with Crippen molar-refractivity contribution in [1.82, 2.24) is 4.57 Å². The average Bonchev–Trinajstić information content (AvgIpc) is 3.03. The van der Waals surface area contributed by atoms with Crippen LogP contribution in [0.2, 0.25) is 0 Å². The van der Waals surface area contributed by atoms with Gasteiger partial charge in [-0.15, -0.1) is 6.42 Å². The Balaban J connectivity index is 1.83. The van der Waals surface area contributed by atoms with E-state index in [1.807, 2.05) is 29.7 Å². The molecule has 0 saturated heterocycles. The summed E-state index contributed by atoms with van der Waals surface area (Å²) in [5.41, 5.74) is 0.911. The normalized spacial score (nSPS) is 11.2. The van der Waals surface area contributed by atoms with Gasteiger partial charge in [0.05, 0.1) is 30.5 Å². The van der Waals surface area contributed by atoms with Gasteiger partial charge in [-0.1, -0.05) is 17.3 Å². The fourth-order valence-corrected chi connectivity index (χ4v) is 3.67. The predicted molar refractivity (Wildman–Crippen MR) is 109 cm³/mol. The lowest BCUT2D eigenvalue weighted by Gasteiger charge is -2.05. The first-order valence-corrected chi connectivity index (χ1v) is 9.50. The van der Waals surface area contributed by atoms with E-state index < -0.39 is 5.91 Å². The number of nitrogens with zero attached hydrogens (tertiary/aromatic N) is 2. The standard InChI is InChI=1S/C21H20N2O4S/c1-4-12-23-18-11-10-17(26-5-2)13-19(18)28-21(23)22-20(24)14-27-16-8-6-15(25-3)7-9-16/h1,6-11,13H,5,12,14H2,2-3H3. The molecule has 0 aliphatic heterocycles. The van der Waals surface area contributed by atoms with E-state index in [-0.39, 0.29) is 6.61 Å². The first kappa shape index (κ1) is 19.5. The molecule has 0 N–H and O–H groups in total. The second kappa shape index (κ2) is 9.11. The Kier molecular flexibility index (Phi) is 6.35. The third-order valence-electron chi connectivity index (χ3n) is 3.86. The summed E-state index contributed by atoms with van der Waals surface area (Å²) in [4.78, 5) is 17.0. The summed E-state index contributed by atoms with van der Waals surface area (Å²) in [6.45, 7) is 2.67. The summed E-state index contributed by atoms with van der Waals surface area (Å²) in [5, 5.41) is 0. The fourth-order valence-electron chi connectivity index (χ4n) is 2.60. The van der Waals surface area contributed by atoms with Crippen LogP contribution in [0.1, 0.15) is 6.92 Å². The van der Waals surface area contributed by atoms with Crippen molar-refractivity contribution in [1.29, 1.82) is 0 Å². The molecular formula is C21H20N2O4S. The number of fused-ring (bicyclic) bond motifs is 1. The molecule has 0 radical (unpaired) electrons. The number of ether oxygens (including phenoxy) is 3. The van der Waals surface area contributed by atoms with E-state index in [1.165, 1.54) is 11.3 Å². The number of amides is 1. The molecule has 1 heterocycles. The van der Waals surface area contributed by atoms with E-state index in [0.717, 1.165) is 21.7 Å². The Hall–Kier alpha value is -3.24. The maximum atomic E-state index is 12.3. The highest BCUT2D eigenvalue weighted by atomic mass is 32.1. The van der Waals surface area contributed by atoms with Gasteiger partial charge in [0.1, 0.15) is 17.2 Å². The fraction of sp³-hybridized carbons (Fsp3) is 0.238. The van der Waals surface area contributed by atoms with Gasteiger partial charge in [0.25, 0.3) is 5.91 Å². The van der Waals surface area contributed by atoms with Crippen LogP contribution in [-0.4, -0.2) is 30.8 Å². The molecule has 0 aliphatic carbocycles. The number of benzene rings is 2. The molecule has 0 spiro atoms. The molecule has 1 amide bonds.